The minimum Gasteiger partial charge on any atom is -0.507 e. The highest BCUT2D eigenvalue weighted by atomic mass is 32.2. The summed E-state index contributed by atoms with van der Waals surface area (Å²) < 4.78 is 27.2. The monoisotopic (exact) mass is 465 g/mol. The van der Waals surface area contributed by atoms with Crippen LogP contribution in [0.25, 0.3) is 0 Å². The highest BCUT2D eigenvalue weighted by molar-refractivity contribution is 7.89. The number of hydrogen-bond acceptors (Lipinski definition) is 8. The first-order chi connectivity index (χ1) is 14.9. The van der Waals surface area contributed by atoms with Crippen LogP contribution in [0.15, 0.2) is 35.4 Å². The molecule has 1 aromatic carbocycles. The molecular weight excluding hydrogens is 446 g/mol. The predicted octanol–water partition coefficient (Wildman–Crippen LogP) is 0.0443. The minimum absolute atomic E-state index is 0.0379. The summed E-state index contributed by atoms with van der Waals surface area (Å²) in [6, 6.07) is 2.98. The molecule has 0 aliphatic heterocycles. The molecule has 170 valence electrons. The smallest absolute Gasteiger partial charge is 0.339 e. The molecule has 1 amide bonds. The number of carboxylic acids is 2. The van der Waals surface area contributed by atoms with Crippen molar-refractivity contribution in [3.05, 3.63) is 52.8 Å². The quantitative estimate of drug-likeness (QED) is 0.298. The van der Waals surface area contributed by atoms with E-state index >= 15 is 0 Å². The van der Waals surface area contributed by atoms with Gasteiger partial charge in [-0.25, -0.2) is 17.9 Å². The number of pyridine rings is 1. The molecule has 0 saturated heterocycles. The van der Waals surface area contributed by atoms with E-state index in [-0.39, 0.29) is 22.7 Å². The summed E-state index contributed by atoms with van der Waals surface area (Å²) in [6.45, 7) is 1.28. The average Bonchev–Trinajstić information content (AvgIpc) is 2.71. The van der Waals surface area contributed by atoms with Gasteiger partial charge in [-0.2, -0.15) is 0 Å². The Morgan fingerprint density at radius 2 is 1.88 bits per heavy atom. The number of carbonyl (C=O) groups excluding carboxylic acids is 2. The third kappa shape index (κ3) is 6.09. The molecule has 1 aromatic heterocycles. The van der Waals surface area contributed by atoms with Crippen molar-refractivity contribution in [1.29, 1.82) is 0 Å². The number of nitrogens with one attached hydrogen (secondary N) is 2. The zero-order chi connectivity index (χ0) is 24.1. The van der Waals surface area contributed by atoms with Crippen LogP contribution in [-0.2, 0) is 26.2 Å². The number of aromatic nitrogens is 1. The van der Waals surface area contributed by atoms with Crippen molar-refractivity contribution in [2.75, 3.05) is 0 Å². The zero-order valence-corrected chi connectivity index (χ0v) is 17.4. The van der Waals surface area contributed by atoms with Crippen LogP contribution in [0.4, 0.5) is 0 Å². The Labute approximate surface area is 182 Å². The molecule has 0 aliphatic rings. The number of rotatable bonds is 10. The lowest BCUT2D eigenvalue weighted by Gasteiger charge is -2.12. The Bertz CT molecular complexity index is 1180. The number of benzene rings is 1. The number of amides is 1. The second-order valence-corrected chi connectivity index (χ2v) is 8.38. The van der Waals surface area contributed by atoms with E-state index in [1.54, 1.807) is 6.92 Å². The molecule has 0 unspecified atom stereocenters. The number of aromatic hydroxyl groups is 1. The Balaban J connectivity index is 2.13. The average molecular weight is 465 g/mol. The number of aldehydes is 1. The van der Waals surface area contributed by atoms with Gasteiger partial charge in [0.15, 0.2) is 0 Å². The Hall–Kier alpha value is -3.84. The standard InChI is InChI=1S/C19H19N3O9S/c1-10-4-11(18(27)22-12(9-23)5-17(25)26)7-20-15(10)8-21-32(30,31)13-2-3-16(24)14(6-13)19(28)29/h2-4,6-7,9,12,21,24H,5,8H2,1H3,(H,22,27)(H,25,26)(H,28,29)/t12-/m0/s1. The van der Waals surface area contributed by atoms with Crippen LogP contribution in [-0.4, -0.2) is 58.9 Å². The van der Waals surface area contributed by atoms with Gasteiger partial charge >= 0.3 is 11.9 Å². The molecular formula is C19H19N3O9S. The van der Waals surface area contributed by atoms with Gasteiger partial charge in [0, 0.05) is 6.20 Å². The number of aliphatic carboxylic acids is 1. The normalized spacial score (nSPS) is 12.0. The molecule has 1 heterocycles. The van der Waals surface area contributed by atoms with Crippen molar-refractivity contribution >= 4 is 34.2 Å². The summed E-state index contributed by atoms with van der Waals surface area (Å²) in [5.74, 6) is -4.06. The fraction of sp³-hybridized carbons (Fsp3) is 0.211. The van der Waals surface area contributed by atoms with Crippen molar-refractivity contribution in [2.24, 2.45) is 0 Å². The molecule has 13 heteroatoms. The van der Waals surface area contributed by atoms with E-state index in [4.69, 9.17) is 10.2 Å². The second kappa shape index (κ2) is 9.98. The summed E-state index contributed by atoms with van der Waals surface area (Å²) in [5.41, 5.74) is 0.156. The number of sulfonamides is 1. The number of aryl methyl sites for hydroxylation is 1. The molecule has 1 atom stereocenters. The molecule has 5 N–H and O–H groups in total. The maximum atomic E-state index is 12.5. The van der Waals surface area contributed by atoms with Crippen molar-refractivity contribution in [1.82, 2.24) is 15.0 Å². The van der Waals surface area contributed by atoms with E-state index in [0.29, 0.717) is 11.8 Å². The fourth-order valence-corrected chi connectivity index (χ4v) is 3.60. The minimum atomic E-state index is -4.14. The van der Waals surface area contributed by atoms with E-state index in [0.717, 1.165) is 24.4 Å². The molecule has 0 fully saturated rings. The first-order valence-corrected chi connectivity index (χ1v) is 10.4. The fourth-order valence-electron chi connectivity index (χ4n) is 2.59. The van der Waals surface area contributed by atoms with Gasteiger partial charge < -0.3 is 25.4 Å². The van der Waals surface area contributed by atoms with Gasteiger partial charge in [0.25, 0.3) is 5.91 Å². The van der Waals surface area contributed by atoms with Crippen molar-refractivity contribution in [3.63, 3.8) is 0 Å². The Kier molecular flexibility index (Phi) is 7.62. The van der Waals surface area contributed by atoms with Gasteiger partial charge in [-0.3, -0.25) is 14.6 Å². The molecule has 0 bridgehead atoms. The lowest BCUT2D eigenvalue weighted by atomic mass is 10.1. The van der Waals surface area contributed by atoms with Crippen molar-refractivity contribution < 1.29 is 42.9 Å². The topological polar surface area (TPSA) is 200 Å². The summed E-state index contributed by atoms with van der Waals surface area (Å²) >= 11 is 0. The molecule has 2 aromatic rings. The lowest BCUT2D eigenvalue weighted by molar-refractivity contribution is -0.138. The molecule has 0 aliphatic carbocycles. The summed E-state index contributed by atoms with van der Waals surface area (Å²) in [4.78, 5) is 48.5. The van der Waals surface area contributed by atoms with Crippen LogP contribution in [0.1, 0.15) is 38.4 Å². The van der Waals surface area contributed by atoms with Crippen LogP contribution in [0.2, 0.25) is 0 Å². The first kappa shape index (κ1) is 24.4. The number of phenols is 1. The van der Waals surface area contributed by atoms with Crippen molar-refractivity contribution in [3.8, 4) is 5.75 Å². The van der Waals surface area contributed by atoms with E-state index in [2.05, 4.69) is 15.0 Å². The van der Waals surface area contributed by atoms with Crippen LogP contribution in [0.3, 0.4) is 0 Å². The zero-order valence-electron chi connectivity index (χ0n) is 16.6. The van der Waals surface area contributed by atoms with E-state index in [1.165, 1.54) is 6.07 Å². The largest absolute Gasteiger partial charge is 0.507 e. The number of aromatic carboxylic acids is 1. The van der Waals surface area contributed by atoms with Crippen LogP contribution in [0.5, 0.6) is 5.75 Å². The summed E-state index contributed by atoms with van der Waals surface area (Å²) in [6.07, 6.45) is 0.856. The second-order valence-electron chi connectivity index (χ2n) is 6.61. The lowest BCUT2D eigenvalue weighted by Crippen LogP contribution is -2.37. The Morgan fingerprint density at radius 1 is 1.19 bits per heavy atom. The highest BCUT2D eigenvalue weighted by Gasteiger charge is 2.20. The molecule has 0 saturated carbocycles. The molecule has 0 spiro atoms. The molecule has 32 heavy (non-hydrogen) atoms. The molecule has 0 radical (unpaired) electrons. The number of carboxylic acid groups (broad SMARTS) is 2. The maximum absolute atomic E-state index is 12.5. The van der Waals surface area contributed by atoms with E-state index < -0.39 is 51.6 Å². The van der Waals surface area contributed by atoms with Crippen LogP contribution >= 0.6 is 0 Å². The maximum Gasteiger partial charge on any atom is 0.339 e. The summed E-state index contributed by atoms with van der Waals surface area (Å²) in [7, 11) is -4.14. The van der Waals surface area contributed by atoms with E-state index in [9.17, 15) is 32.7 Å². The van der Waals surface area contributed by atoms with Gasteiger partial charge in [0.2, 0.25) is 10.0 Å². The molecule has 2 rings (SSSR count). The van der Waals surface area contributed by atoms with Gasteiger partial charge in [-0.1, -0.05) is 0 Å². The van der Waals surface area contributed by atoms with Gasteiger partial charge in [0.05, 0.1) is 35.2 Å². The van der Waals surface area contributed by atoms with E-state index in [1.807, 2.05) is 0 Å². The molecule has 12 nitrogen and oxygen atoms in total. The van der Waals surface area contributed by atoms with Crippen LogP contribution < -0.4 is 10.0 Å². The third-order valence-corrected chi connectivity index (χ3v) is 5.66. The Morgan fingerprint density at radius 3 is 2.44 bits per heavy atom. The third-order valence-electron chi connectivity index (χ3n) is 4.26. The first-order valence-electron chi connectivity index (χ1n) is 8.94. The highest BCUT2D eigenvalue weighted by Crippen LogP contribution is 2.21. The SMILES string of the molecule is Cc1cc(C(=O)N[C@H](C=O)CC(=O)O)cnc1CNS(=O)(=O)c1ccc(O)c(C(=O)O)c1. The number of nitrogens with zero attached hydrogens (tertiary/aromatic N) is 1. The van der Waals surface area contributed by atoms with Gasteiger partial charge in [0.1, 0.15) is 17.6 Å². The number of hydrogen-bond donors (Lipinski definition) is 5. The summed E-state index contributed by atoms with van der Waals surface area (Å²) in [5, 5.41) is 29.5. The van der Waals surface area contributed by atoms with Gasteiger partial charge in [-0.05, 0) is 36.8 Å². The van der Waals surface area contributed by atoms with Crippen molar-refractivity contribution in [2.45, 2.75) is 30.8 Å². The number of carbonyl (C=O) groups is 4. The van der Waals surface area contributed by atoms with Gasteiger partial charge in [-0.15, -0.1) is 0 Å². The predicted molar refractivity (Wildman–Crippen MR) is 108 cm³/mol. The van der Waals surface area contributed by atoms with Crippen LogP contribution in [0, 0.1) is 6.92 Å².